The number of nitrogens with one attached hydrogen (secondary N) is 3. The van der Waals surface area contributed by atoms with Gasteiger partial charge in [-0.1, -0.05) is 29.8 Å². The molecule has 0 spiro atoms. The molecule has 2 saturated heterocycles. The lowest BCUT2D eigenvalue weighted by Crippen LogP contribution is -2.50. The Morgan fingerprint density at radius 2 is 1.92 bits per heavy atom. The van der Waals surface area contributed by atoms with Crippen molar-refractivity contribution in [1.29, 1.82) is 0 Å². The monoisotopic (exact) mass is 366 g/mol. The molecule has 0 radical (unpaired) electrons. The quantitative estimate of drug-likeness (QED) is 0.663. The Labute approximate surface area is 152 Å². The largest absolute Gasteiger partial charge is 0.354 e. The zero-order chi connectivity index (χ0) is 17.3. The number of nitrogens with zero attached hydrogens (tertiary/aromatic N) is 1. The number of benzene rings is 1. The van der Waals surface area contributed by atoms with Crippen LogP contribution < -0.4 is 16.0 Å². The Balaban J connectivity index is 0.00000225. The Bertz CT molecular complexity index is 675. The first kappa shape index (κ1) is 19.2. The molecule has 1 atom stereocenters. The number of carbonyl (C=O) groups excluding carboxylic acids is 3. The zero-order valence-corrected chi connectivity index (χ0v) is 15.1. The van der Waals surface area contributed by atoms with Gasteiger partial charge < -0.3 is 16.0 Å². The molecular formula is C17H23ClN4O3. The molecule has 1 unspecified atom stereocenters. The summed E-state index contributed by atoms with van der Waals surface area (Å²) < 4.78 is 0. The van der Waals surface area contributed by atoms with Crippen molar-refractivity contribution in [1.82, 2.24) is 20.9 Å². The number of urea groups is 1. The summed E-state index contributed by atoms with van der Waals surface area (Å²) in [5.41, 5.74) is 0.638. The second-order valence-corrected chi connectivity index (χ2v) is 6.64. The van der Waals surface area contributed by atoms with Crippen LogP contribution in [0.4, 0.5) is 4.79 Å². The van der Waals surface area contributed by atoms with E-state index in [0.29, 0.717) is 18.0 Å². The SMILES string of the molecule is Cc1ccc(C2(C)NC(=O)N(CC(=O)NCC3CNC3)C2=O)cc1.Cl. The second-order valence-electron chi connectivity index (χ2n) is 6.64. The molecule has 136 valence electrons. The molecule has 0 aliphatic carbocycles. The molecule has 3 N–H and O–H groups in total. The topological polar surface area (TPSA) is 90.5 Å². The van der Waals surface area contributed by atoms with Crippen LogP contribution in [0.5, 0.6) is 0 Å². The number of aryl methyl sites for hydroxylation is 1. The fourth-order valence-electron chi connectivity index (χ4n) is 2.87. The molecule has 8 heteroatoms. The van der Waals surface area contributed by atoms with Gasteiger partial charge in [0.05, 0.1) is 0 Å². The number of imide groups is 1. The third-order valence-electron chi connectivity index (χ3n) is 4.66. The van der Waals surface area contributed by atoms with E-state index in [0.717, 1.165) is 23.6 Å². The van der Waals surface area contributed by atoms with Crippen LogP contribution in [0.1, 0.15) is 18.1 Å². The van der Waals surface area contributed by atoms with E-state index in [2.05, 4.69) is 16.0 Å². The summed E-state index contributed by atoms with van der Waals surface area (Å²) in [6.07, 6.45) is 0. The summed E-state index contributed by atoms with van der Waals surface area (Å²) in [7, 11) is 0. The Kier molecular flexibility index (Phi) is 5.69. The standard InChI is InChI=1S/C17H22N4O3.ClH/c1-11-3-5-13(6-4-11)17(2)15(23)21(16(24)20-17)10-14(22)19-9-12-7-18-8-12;/h3-6,12,18H,7-10H2,1-2H3,(H,19,22)(H,20,24);1H. The van der Waals surface area contributed by atoms with Gasteiger partial charge in [0.2, 0.25) is 5.91 Å². The van der Waals surface area contributed by atoms with Gasteiger partial charge in [-0.2, -0.15) is 0 Å². The number of rotatable bonds is 5. The molecule has 0 aromatic heterocycles. The van der Waals surface area contributed by atoms with Crippen LogP contribution in [-0.2, 0) is 15.1 Å². The van der Waals surface area contributed by atoms with Crippen molar-refractivity contribution in [3.63, 3.8) is 0 Å². The van der Waals surface area contributed by atoms with E-state index in [1.54, 1.807) is 6.92 Å². The molecule has 0 saturated carbocycles. The van der Waals surface area contributed by atoms with Gasteiger partial charge in [-0.3, -0.25) is 14.5 Å². The molecule has 7 nitrogen and oxygen atoms in total. The van der Waals surface area contributed by atoms with Crippen LogP contribution in [0.3, 0.4) is 0 Å². The maximum atomic E-state index is 12.7. The van der Waals surface area contributed by atoms with Crippen LogP contribution in [0.25, 0.3) is 0 Å². The van der Waals surface area contributed by atoms with E-state index in [9.17, 15) is 14.4 Å². The van der Waals surface area contributed by atoms with E-state index < -0.39 is 17.5 Å². The third-order valence-corrected chi connectivity index (χ3v) is 4.66. The summed E-state index contributed by atoms with van der Waals surface area (Å²) >= 11 is 0. The molecule has 4 amide bonds. The molecule has 0 bridgehead atoms. The van der Waals surface area contributed by atoms with E-state index in [-0.39, 0.29) is 24.9 Å². The highest BCUT2D eigenvalue weighted by Crippen LogP contribution is 2.28. The fourth-order valence-corrected chi connectivity index (χ4v) is 2.87. The van der Waals surface area contributed by atoms with Gasteiger partial charge in [-0.15, -0.1) is 12.4 Å². The van der Waals surface area contributed by atoms with Gasteiger partial charge >= 0.3 is 6.03 Å². The van der Waals surface area contributed by atoms with E-state index in [1.807, 2.05) is 31.2 Å². The van der Waals surface area contributed by atoms with Crippen LogP contribution in [0, 0.1) is 12.8 Å². The van der Waals surface area contributed by atoms with Crippen molar-refractivity contribution < 1.29 is 14.4 Å². The van der Waals surface area contributed by atoms with Crippen molar-refractivity contribution >= 4 is 30.3 Å². The highest BCUT2D eigenvalue weighted by molar-refractivity contribution is 6.09. The molecule has 2 fully saturated rings. The minimum atomic E-state index is -1.14. The van der Waals surface area contributed by atoms with E-state index in [1.165, 1.54) is 0 Å². The van der Waals surface area contributed by atoms with Gasteiger partial charge in [0, 0.05) is 25.6 Å². The van der Waals surface area contributed by atoms with E-state index >= 15 is 0 Å². The molecule has 2 aliphatic heterocycles. The maximum absolute atomic E-state index is 12.7. The molecule has 2 heterocycles. The summed E-state index contributed by atoms with van der Waals surface area (Å²) in [6, 6.07) is 6.88. The van der Waals surface area contributed by atoms with Crippen LogP contribution in [0.15, 0.2) is 24.3 Å². The molecule has 3 rings (SSSR count). The summed E-state index contributed by atoms with van der Waals surface area (Å²) in [4.78, 5) is 37.9. The van der Waals surface area contributed by atoms with Gasteiger partial charge in [0.25, 0.3) is 5.91 Å². The molecule has 1 aromatic rings. The second kappa shape index (κ2) is 7.41. The normalized spacial score (nSPS) is 22.9. The first-order chi connectivity index (χ1) is 11.4. The van der Waals surface area contributed by atoms with Gasteiger partial charge in [0.15, 0.2) is 0 Å². The maximum Gasteiger partial charge on any atom is 0.325 e. The lowest BCUT2D eigenvalue weighted by Gasteiger charge is -2.27. The molecular weight excluding hydrogens is 344 g/mol. The number of amides is 4. The van der Waals surface area contributed by atoms with Gasteiger partial charge in [-0.05, 0) is 19.4 Å². The number of carbonyl (C=O) groups is 3. The van der Waals surface area contributed by atoms with Crippen molar-refractivity contribution in [2.45, 2.75) is 19.4 Å². The molecule has 1 aromatic carbocycles. The highest BCUT2D eigenvalue weighted by atomic mass is 35.5. The van der Waals surface area contributed by atoms with Crippen LogP contribution in [0.2, 0.25) is 0 Å². The van der Waals surface area contributed by atoms with Crippen molar-refractivity contribution in [2.75, 3.05) is 26.2 Å². The number of halogens is 1. The highest BCUT2D eigenvalue weighted by Gasteiger charge is 2.49. The number of hydrogen-bond acceptors (Lipinski definition) is 4. The average molecular weight is 367 g/mol. The van der Waals surface area contributed by atoms with Crippen molar-refractivity contribution in [2.24, 2.45) is 5.92 Å². The summed E-state index contributed by atoms with van der Waals surface area (Å²) in [6.45, 7) is 5.69. The minimum absolute atomic E-state index is 0. The molecule has 2 aliphatic rings. The van der Waals surface area contributed by atoms with Crippen LogP contribution in [-0.4, -0.2) is 48.9 Å². The van der Waals surface area contributed by atoms with Gasteiger partial charge in [-0.25, -0.2) is 4.79 Å². The predicted octanol–water partition coefficient (Wildman–Crippen LogP) is 0.519. The number of hydrogen-bond donors (Lipinski definition) is 3. The van der Waals surface area contributed by atoms with Crippen molar-refractivity contribution in [3.05, 3.63) is 35.4 Å². The first-order valence-electron chi connectivity index (χ1n) is 8.09. The zero-order valence-electron chi connectivity index (χ0n) is 14.3. The van der Waals surface area contributed by atoms with E-state index in [4.69, 9.17) is 0 Å². The minimum Gasteiger partial charge on any atom is -0.354 e. The molecule has 25 heavy (non-hydrogen) atoms. The fraction of sp³-hybridized carbons (Fsp3) is 0.471. The van der Waals surface area contributed by atoms with Crippen molar-refractivity contribution in [3.8, 4) is 0 Å². The summed E-state index contributed by atoms with van der Waals surface area (Å²) in [5.74, 6) is -0.301. The van der Waals surface area contributed by atoms with Crippen LogP contribution >= 0.6 is 12.4 Å². The first-order valence-corrected chi connectivity index (χ1v) is 8.09. The Morgan fingerprint density at radius 3 is 2.48 bits per heavy atom. The lowest BCUT2D eigenvalue weighted by molar-refractivity contribution is -0.134. The Morgan fingerprint density at radius 1 is 1.28 bits per heavy atom. The smallest absolute Gasteiger partial charge is 0.325 e. The predicted molar refractivity (Wildman–Crippen MR) is 95.4 cm³/mol. The Hall–Kier alpha value is -2.12. The summed E-state index contributed by atoms with van der Waals surface area (Å²) in [5, 5.41) is 8.61. The third kappa shape index (κ3) is 3.77. The lowest BCUT2D eigenvalue weighted by atomic mass is 9.91. The van der Waals surface area contributed by atoms with Gasteiger partial charge in [0.1, 0.15) is 12.1 Å². The average Bonchev–Trinajstić information content (AvgIpc) is 2.71.